The average Bonchev–Trinajstić information content (AvgIpc) is 2.66. The van der Waals surface area contributed by atoms with Crippen LogP contribution in [0.25, 0.3) is 0 Å². The van der Waals surface area contributed by atoms with Crippen molar-refractivity contribution in [3.8, 4) is 0 Å². The Bertz CT molecular complexity index is 241. The maximum atomic E-state index is 5.67. The fourth-order valence-electron chi connectivity index (χ4n) is 3.44. The monoisotopic (exact) mass is 342 g/mol. The predicted molar refractivity (Wildman–Crippen MR) is 103 cm³/mol. The molecule has 4 heteroatoms. The molecule has 2 rings (SSSR count). The summed E-state index contributed by atoms with van der Waals surface area (Å²) in [5.41, 5.74) is 0. The molecule has 24 heavy (non-hydrogen) atoms. The molecule has 0 aromatic carbocycles. The molecule has 2 atom stereocenters. The summed E-state index contributed by atoms with van der Waals surface area (Å²) in [7, 11) is 0. The minimum Gasteiger partial charge on any atom is -0.377 e. The Kier molecular flexibility index (Phi) is 12.8. The summed E-state index contributed by atoms with van der Waals surface area (Å²) >= 11 is 0. The second-order valence-corrected chi connectivity index (χ2v) is 6.95. The van der Waals surface area contributed by atoms with Gasteiger partial charge in [0.15, 0.2) is 0 Å². The first-order valence-electron chi connectivity index (χ1n) is 10.4. The molecule has 2 saturated heterocycles. The molecule has 4 nitrogen and oxygen atoms in total. The number of likely N-dealkylation sites (N-methyl/N-ethyl adjacent to an activating group) is 2. The van der Waals surface area contributed by atoms with Gasteiger partial charge in [-0.3, -0.25) is 0 Å². The SMILES string of the molecule is CCN(CC)C[C@@H]1CCCCO1.CCN(CC)C[C@H]1CCCCO1. The van der Waals surface area contributed by atoms with E-state index >= 15 is 0 Å². The van der Waals surface area contributed by atoms with Crippen LogP contribution in [0.5, 0.6) is 0 Å². The van der Waals surface area contributed by atoms with Crippen LogP contribution >= 0.6 is 0 Å². The topological polar surface area (TPSA) is 24.9 Å². The van der Waals surface area contributed by atoms with Crippen LogP contribution in [0.15, 0.2) is 0 Å². The van der Waals surface area contributed by atoms with Crippen LogP contribution in [0.3, 0.4) is 0 Å². The summed E-state index contributed by atoms with van der Waals surface area (Å²) < 4.78 is 11.3. The highest BCUT2D eigenvalue weighted by Gasteiger charge is 2.16. The second-order valence-electron chi connectivity index (χ2n) is 6.95. The van der Waals surface area contributed by atoms with Crippen molar-refractivity contribution in [2.45, 2.75) is 78.4 Å². The van der Waals surface area contributed by atoms with E-state index in [1.165, 1.54) is 38.5 Å². The van der Waals surface area contributed by atoms with Crippen LogP contribution in [0.1, 0.15) is 66.2 Å². The third-order valence-corrected chi connectivity index (χ3v) is 5.26. The Balaban J connectivity index is 0.000000240. The van der Waals surface area contributed by atoms with Crippen LogP contribution in [0, 0.1) is 0 Å². The van der Waals surface area contributed by atoms with Crippen molar-refractivity contribution < 1.29 is 9.47 Å². The summed E-state index contributed by atoms with van der Waals surface area (Å²) in [5.74, 6) is 0. The third kappa shape index (κ3) is 9.36. The molecule has 0 saturated carbocycles. The van der Waals surface area contributed by atoms with Crippen molar-refractivity contribution in [3.05, 3.63) is 0 Å². The smallest absolute Gasteiger partial charge is 0.0702 e. The minimum atomic E-state index is 0.513. The van der Waals surface area contributed by atoms with Gasteiger partial charge in [0.25, 0.3) is 0 Å². The quantitative estimate of drug-likeness (QED) is 0.670. The number of hydrogen-bond donors (Lipinski definition) is 0. The van der Waals surface area contributed by atoms with Crippen molar-refractivity contribution in [3.63, 3.8) is 0 Å². The number of ether oxygens (including phenoxy) is 2. The maximum absolute atomic E-state index is 5.67. The molecule has 0 unspecified atom stereocenters. The van der Waals surface area contributed by atoms with Crippen molar-refractivity contribution in [1.29, 1.82) is 0 Å². The molecule has 0 radical (unpaired) electrons. The summed E-state index contributed by atoms with van der Waals surface area (Å²) in [4.78, 5) is 4.88. The van der Waals surface area contributed by atoms with E-state index < -0.39 is 0 Å². The van der Waals surface area contributed by atoms with Gasteiger partial charge in [-0.25, -0.2) is 0 Å². The van der Waals surface area contributed by atoms with Gasteiger partial charge in [0.2, 0.25) is 0 Å². The zero-order valence-corrected chi connectivity index (χ0v) is 16.8. The Morgan fingerprint density at radius 2 is 1.00 bits per heavy atom. The Morgan fingerprint density at radius 1 is 0.625 bits per heavy atom. The number of hydrogen-bond acceptors (Lipinski definition) is 4. The normalized spacial score (nSPS) is 24.8. The minimum absolute atomic E-state index is 0.513. The van der Waals surface area contributed by atoms with Crippen LogP contribution in [-0.4, -0.2) is 74.5 Å². The van der Waals surface area contributed by atoms with Crippen molar-refractivity contribution in [2.75, 3.05) is 52.5 Å². The fraction of sp³-hybridized carbons (Fsp3) is 1.00. The summed E-state index contributed by atoms with van der Waals surface area (Å²) in [6.45, 7) is 17.7. The Labute approximate surface area is 150 Å². The predicted octanol–water partition coefficient (Wildman–Crippen LogP) is 3.79. The van der Waals surface area contributed by atoms with Gasteiger partial charge >= 0.3 is 0 Å². The molecule has 0 aliphatic carbocycles. The summed E-state index contributed by atoms with van der Waals surface area (Å²) in [6.07, 6.45) is 8.77. The average molecular weight is 343 g/mol. The first-order valence-corrected chi connectivity index (χ1v) is 10.4. The van der Waals surface area contributed by atoms with Gasteiger partial charge in [0.1, 0.15) is 0 Å². The maximum Gasteiger partial charge on any atom is 0.0702 e. The van der Waals surface area contributed by atoms with E-state index in [4.69, 9.17) is 9.47 Å². The van der Waals surface area contributed by atoms with Gasteiger partial charge in [0.05, 0.1) is 12.2 Å². The highest BCUT2D eigenvalue weighted by molar-refractivity contribution is 4.68. The lowest BCUT2D eigenvalue weighted by atomic mass is 10.1. The standard InChI is InChI=1S/2C10H21NO/c2*1-3-11(4-2)9-10-7-5-6-8-12-10/h2*10H,3-9H2,1-2H3/t2*10-/m10/s1. The Morgan fingerprint density at radius 3 is 1.25 bits per heavy atom. The second kappa shape index (κ2) is 14.1. The largest absolute Gasteiger partial charge is 0.377 e. The molecule has 0 aromatic heterocycles. The van der Waals surface area contributed by atoms with E-state index in [-0.39, 0.29) is 0 Å². The molecule has 2 aliphatic heterocycles. The zero-order chi connectivity index (χ0) is 17.6. The molecular formula is C20H42N2O2. The van der Waals surface area contributed by atoms with Crippen molar-refractivity contribution in [2.24, 2.45) is 0 Å². The molecule has 2 aliphatic rings. The van der Waals surface area contributed by atoms with Gasteiger partial charge in [-0.2, -0.15) is 0 Å². The molecule has 144 valence electrons. The molecular weight excluding hydrogens is 300 g/mol. The lowest BCUT2D eigenvalue weighted by Crippen LogP contribution is -2.35. The molecule has 0 spiro atoms. The lowest BCUT2D eigenvalue weighted by molar-refractivity contribution is -0.00408. The van der Waals surface area contributed by atoms with Crippen molar-refractivity contribution in [1.82, 2.24) is 9.80 Å². The van der Waals surface area contributed by atoms with Crippen molar-refractivity contribution >= 4 is 0 Å². The first kappa shape index (κ1) is 21.9. The molecule has 2 fully saturated rings. The first-order chi connectivity index (χ1) is 11.7. The van der Waals surface area contributed by atoms with E-state index in [2.05, 4.69) is 37.5 Å². The van der Waals surface area contributed by atoms with Crippen LogP contribution in [0.2, 0.25) is 0 Å². The van der Waals surface area contributed by atoms with E-state index in [0.717, 1.165) is 52.5 Å². The number of rotatable bonds is 8. The molecule has 0 bridgehead atoms. The van der Waals surface area contributed by atoms with Crippen LogP contribution in [0.4, 0.5) is 0 Å². The van der Waals surface area contributed by atoms with Gasteiger partial charge < -0.3 is 19.3 Å². The van der Waals surface area contributed by atoms with Crippen LogP contribution in [-0.2, 0) is 9.47 Å². The van der Waals surface area contributed by atoms with Gasteiger partial charge in [0, 0.05) is 26.3 Å². The highest BCUT2D eigenvalue weighted by Crippen LogP contribution is 2.14. The lowest BCUT2D eigenvalue weighted by Gasteiger charge is -2.28. The number of nitrogens with zero attached hydrogens (tertiary/aromatic N) is 2. The van der Waals surface area contributed by atoms with E-state index in [0.29, 0.717) is 12.2 Å². The molecule has 0 aromatic rings. The highest BCUT2D eigenvalue weighted by atomic mass is 16.5. The van der Waals surface area contributed by atoms with Gasteiger partial charge in [-0.1, -0.05) is 27.7 Å². The van der Waals surface area contributed by atoms with E-state index in [1.807, 2.05) is 0 Å². The zero-order valence-electron chi connectivity index (χ0n) is 16.8. The molecule has 0 N–H and O–H groups in total. The van der Waals surface area contributed by atoms with E-state index in [1.54, 1.807) is 0 Å². The van der Waals surface area contributed by atoms with Crippen LogP contribution < -0.4 is 0 Å². The molecule has 2 heterocycles. The third-order valence-electron chi connectivity index (χ3n) is 5.26. The van der Waals surface area contributed by atoms with E-state index in [9.17, 15) is 0 Å². The Hall–Kier alpha value is -0.160. The summed E-state index contributed by atoms with van der Waals surface area (Å²) in [6, 6.07) is 0. The molecule has 0 amide bonds. The fourth-order valence-corrected chi connectivity index (χ4v) is 3.44. The summed E-state index contributed by atoms with van der Waals surface area (Å²) in [5, 5.41) is 0. The van der Waals surface area contributed by atoms with Gasteiger partial charge in [-0.15, -0.1) is 0 Å². The van der Waals surface area contributed by atoms with Gasteiger partial charge in [-0.05, 0) is 64.7 Å².